The van der Waals surface area contributed by atoms with Gasteiger partial charge in [0, 0.05) is 5.69 Å². The number of amides is 1. The zero-order chi connectivity index (χ0) is 15.4. The summed E-state index contributed by atoms with van der Waals surface area (Å²) >= 11 is 0. The van der Waals surface area contributed by atoms with Crippen LogP contribution in [0.3, 0.4) is 0 Å². The summed E-state index contributed by atoms with van der Waals surface area (Å²) in [5, 5.41) is 2.84. The van der Waals surface area contributed by atoms with Crippen molar-refractivity contribution >= 4 is 17.4 Å². The highest BCUT2D eigenvalue weighted by molar-refractivity contribution is 6.07. The van der Waals surface area contributed by atoms with E-state index in [1.807, 2.05) is 32.0 Å². The second-order valence-electron chi connectivity index (χ2n) is 4.70. The minimum Gasteiger partial charge on any atom is -0.383 e. The molecule has 0 atom stereocenters. The molecule has 2 rings (SSSR count). The Labute approximate surface area is 123 Å². The van der Waals surface area contributed by atoms with Crippen molar-refractivity contribution in [1.82, 2.24) is 4.98 Å². The second kappa shape index (κ2) is 6.35. The van der Waals surface area contributed by atoms with Gasteiger partial charge in [0.25, 0.3) is 5.91 Å². The summed E-state index contributed by atoms with van der Waals surface area (Å²) in [6.07, 6.45) is 2.57. The Balaban J connectivity index is 2.38. The number of rotatable bonds is 4. The van der Waals surface area contributed by atoms with Crippen molar-refractivity contribution in [3.63, 3.8) is 0 Å². The summed E-state index contributed by atoms with van der Waals surface area (Å²) < 4.78 is 13.2. The quantitative estimate of drug-likeness (QED) is 0.907. The highest BCUT2D eigenvalue weighted by atomic mass is 19.1. The van der Waals surface area contributed by atoms with E-state index >= 15 is 0 Å². The number of carbonyl (C=O) groups is 1. The third-order valence-corrected chi connectivity index (χ3v) is 3.37. The van der Waals surface area contributed by atoms with Crippen molar-refractivity contribution in [2.24, 2.45) is 0 Å². The number of aromatic nitrogens is 1. The monoisotopic (exact) mass is 287 g/mol. The number of nitrogens with one attached hydrogen (secondary N) is 1. The van der Waals surface area contributed by atoms with Gasteiger partial charge in [0.2, 0.25) is 0 Å². The van der Waals surface area contributed by atoms with Crippen molar-refractivity contribution in [2.45, 2.75) is 26.7 Å². The summed E-state index contributed by atoms with van der Waals surface area (Å²) in [5.41, 5.74) is 8.53. The van der Waals surface area contributed by atoms with Gasteiger partial charge in [-0.15, -0.1) is 0 Å². The summed E-state index contributed by atoms with van der Waals surface area (Å²) in [7, 11) is 0. The van der Waals surface area contributed by atoms with Gasteiger partial charge in [0.1, 0.15) is 11.6 Å². The van der Waals surface area contributed by atoms with E-state index in [9.17, 15) is 9.18 Å². The van der Waals surface area contributed by atoms with Crippen molar-refractivity contribution in [2.75, 3.05) is 11.1 Å². The fourth-order valence-electron chi connectivity index (χ4n) is 2.22. The zero-order valence-corrected chi connectivity index (χ0v) is 12.1. The number of hydrogen-bond acceptors (Lipinski definition) is 3. The fraction of sp³-hybridized carbons (Fsp3) is 0.250. The van der Waals surface area contributed by atoms with Crippen LogP contribution in [-0.2, 0) is 12.8 Å². The maximum absolute atomic E-state index is 13.2. The Morgan fingerprint density at radius 3 is 2.48 bits per heavy atom. The van der Waals surface area contributed by atoms with Crippen molar-refractivity contribution < 1.29 is 9.18 Å². The van der Waals surface area contributed by atoms with Crippen LogP contribution in [0.5, 0.6) is 0 Å². The Morgan fingerprint density at radius 1 is 1.29 bits per heavy atom. The molecule has 110 valence electrons. The molecule has 0 radical (unpaired) electrons. The van der Waals surface area contributed by atoms with Gasteiger partial charge in [-0.2, -0.15) is 0 Å². The molecule has 0 spiro atoms. The van der Waals surface area contributed by atoms with E-state index in [1.54, 1.807) is 0 Å². The van der Waals surface area contributed by atoms with E-state index in [0.717, 1.165) is 41.9 Å². The minimum absolute atomic E-state index is 0.0147. The van der Waals surface area contributed by atoms with E-state index in [0.29, 0.717) is 0 Å². The largest absolute Gasteiger partial charge is 0.383 e. The van der Waals surface area contributed by atoms with Crippen LogP contribution in [0.1, 0.15) is 35.3 Å². The van der Waals surface area contributed by atoms with Gasteiger partial charge in [-0.25, -0.2) is 9.37 Å². The van der Waals surface area contributed by atoms with Gasteiger partial charge >= 0.3 is 0 Å². The van der Waals surface area contributed by atoms with Crippen molar-refractivity contribution in [3.8, 4) is 0 Å². The highest BCUT2D eigenvalue weighted by Crippen LogP contribution is 2.24. The first-order valence-corrected chi connectivity index (χ1v) is 6.89. The number of nitrogens with zero attached hydrogens (tertiary/aromatic N) is 1. The molecule has 0 aliphatic heterocycles. The SMILES string of the molecule is CCc1cccc(CC)c1NC(=O)c1cc(F)cnc1N. The lowest BCUT2D eigenvalue weighted by Crippen LogP contribution is -2.17. The first-order valence-electron chi connectivity index (χ1n) is 6.89. The lowest BCUT2D eigenvalue weighted by atomic mass is 10.0. The molecule has 0 bridgehead atoms. The molecule has 1 aromatic heterocycles. The molecule has 0 fully saturated rings. The minimum atomic E-state index is -0.589. The van der Waals surface area contributed by atoms with Crippen molar-refractivity contribution in [1.29, 1.82) is 0 Å². The molecule has 21 heavy (non-hydrogen) atoms. The predicted octanol–water partition coefficient (Wildman–Crippen LogP) is 3.18. The van der Waals surface area contributed by atoms with Crippen LogP contribution in [0.15, 0.2) is 30.5 Å². The molecule has 4 nitrogen and oxygen atoms in total. The van der Waals surface area contributed by atoms with Gasteiger partial charge < -0.3 is 11.1 Å². The molecular weight excluding hydrogens is 269 g/mol. The maximum atomic E-state index is 13.2. The first kappa shape index (κ1) is 15.0. The number of nitrogen functional groups attached to an aromatic ring is 1. The summed E-state index contributed by atoms with van der Waals surface area (Å²) in [5.74, 6) is -1.02. The van der Waals surface area contributed by atoms with Crippen LogP contribution >= 0.6 is 0 Å². The Kier molecular flexibility index (Phi) is 4.52. The van der Waals surface area contributed by atoms with Crippen molar-refractivity contribution in [3.05, 3.63) is 53.0 Å². The Morgan fingerprint density at radius 2 is 1.90 bits per heavy atom. The molecule has 1 aromatic carbocycles. The number of halogens is 1. The summed E-state index contributed by atoms with van der Waals surface area (Å²) in [6.45, 7) is 4.03. The average molecular weight is 287 g/mol. The third kappa shape index (κ3) is 3.18. The molecule has 5 heteroatoms. The van der Waals surface area contributed by atoms with Gasteiger partial charge in [0.15, 0.2) is 0 Å². The van der Waals surface area contributed by atoms with E-state index in [2.05, 4.69) is 10.3 Å². The smallest absolute Gasteiger partial charge is 0.259 e. The van der Waals surface area contributed by atoms with Gasteiger partial charge in [-0.3, -0.25) is 4.79 Å². The molecule has 0 saturated heterocycles. The highest BCUT2D eigenvalue weighted by Gasteiger charge is 2.15. The first-order chi connectivity index (χ1) is 10.1. The normalized spacial score (nSPS) is 10.4. The molecule has 3 N–H and O–H groups in total. The number of nitrogens with two attached hydrogens (primary N) is 1. The fourth-order valence-corrected chi connectivity index (χ4v) is 2.22. The van der Waals surface area contributed by atoms with Crippen LogP contribution in [0.2, 0.25) is 0 Å². The van der Waals surface area contributed by atoms with Gasteiger partial charge in [0.05, 0.1) is 11.8 Å². The maximum Gasteiger partial charge on any atom is 0.259 e. The van der Waals surface area contributed by atoms with E-state index in [4.69, 9.17) is 5.73 Å². The molecular formula is C16H18FN3O. The average Bonchev–Trinajstić information content (AvgIpc) is 2.49. The molecule has 1 heterocycles. The number of aryl methyl sites for hydroxylation is 2. The lowest BCUT2D eigenvalue weighted by molar-refractivity contribution is 0.102. The molecule has 0 aliphatic carbocycles. The molecule has 0 aliphatic rings. The van der Waals surface area contributed by atoms with Crippen LogP contribution < -0.4 is 11.1 Å². The van der Waals surface area contributed by atoms with Gasteiger partial charge in [-0.1, -0.05) is 32.0 Å². The standard InChI is InChI=1S/C16H18FN3O/c1-3-10-6-5-7-11(4-2)14(10)20-16(21)13-8-12(17)9-19-15(13)18/h5-9H,3-4H2,1-2H3,(H2,18,19)(H,20,21). The number of anilines is 2. The number of pyridine rings is 1. The van der Waals surface area contributed by atoms with Crippen LogP contribution in [-0.4, -0.2) is 10.9 Å². The summed E-state index contributed by atoms with van der Waals surface area (Å²) in [6, 6.07) is 6.98. The van der Waals surface area contributed by atoms with Crippen LogP contribution in [0.25, 0.3) is 0 Å². The number of carbonyl (C=O) groups excluding carboxylic acids is 1. The number of hydrogen-bond donors (Lipinski definition) is 2. The number of benzene rings is 1. The predicted molar refractivity (Wildman–Crippen MR) is 81.8 cm³/mol. The van der Waals surface area contributed by atoms with E-state index in [1.165, 1.54) is 0 Å². The molecule has 0 saturated carbocycles. The van der Waals surface area contributed by atoms with E-state index in [-0.39, 0.29) is 11.4 Å². The van der Waals surface area contributed by atoms with Crippen LogP contribution in [0.4, 0.5) is 15.9 Å². The molecule has 0 unspecified atom stereocenters. The zero-order valence-electron chi connectivity index (χ0n) is 12.1. The molecule has 1 amide bonds. The summed E-state index contributed by atoms with van der Waals surface area (Å²) in [4.78, 5) is 16.0. The topological polar surface area (TPSA) is 68.0 Å². The lowest BCUT2D eigenvalue weighted by Gasteiger charge is -2.15. The molecule has 2 aromatic rings. The van der Waals surface area contributed by atoms with Gasteiger partial charge in [-0.05, 0) is 30.0 Å². The van der Waals surface area contributed by atoms with E-state index < -0.39 is 11.7 Å². The number of para-hydroxylation sites is 1. The van der Waals surface area contributed by atoms with Crippen LogP contribution in [0, 0.1) is 5.82 Å². The Bertz CT molecular complexity index is 648. The third-order valence-electron chi connectivity index (χ3n) is 3.37. The Hall–Kier alpha value is -2.43. The second-order valence-corrected chi connectivity index (χ2v) is 4.70.